The zero-order chi connectivity index (χ0) is 20.5. The smallest absolute Gasteiger partial charge is 0.254 e. The molecule has 1 fully saturated rings. The zero-order valence-electron chi connectivity index (χ0n) is 15.2. The highest BCUT2D eigenvalue weighted by Crippen LogP contribution is 2.22. The summed E-state index contributed by atoms with van der Waals surface area (Å²) >= 11 is 0. The van der Waals surface area contributed by atoms with E-state index in [9.17, 15) is 20.4 Å². The van der Waals surface area contributed by atoms with Crippen molar-refractivity contribution in [1.82, 2.24) is 19.7 Å². The maximum Gasteiger partial charge on any atom is 0.254 e. The van der Waals surface area contributed by atoms with Crippen LogP contribution in [0.2, 0.25) is 0 Å². The van der Waals surface area contributed by atoms with E-state index >= 15 is 0 Å². The number of anilines is 1. The average molecular weight is 403 g/mol. The van der Waals surface area contributed by atoms with Gasteiger partial charge in [-0.1, -0.05) is 30.3 Å². The first-order chi connectivity index (χ1) is 14.0. The van der Waals surface area contributed by atoms with E-state index in [1.165, 1.54) is 6.33 Å². The highest BCUT2D eigenvalue weighted by atomic mass is 16.8. The fraction of sp³-hybridized carbons (Fsp3) is 0.389. The number of benzene rings is 1. The number of aliphatic hydroxyl groups is 4. The van der Waals surface area contributed by atoms with Crippen LogP contribution in [0.1, 0.15) is 11.4 Å². The number of aliphatic hydroxyl groups excluding tert-OH is 4. The highest BCUT2D eigenvalue weighted by molar-refractivity contribution is 5.81. The van der Waals surface area contributed by atoms with Gasteiger partial charge in [-0.15, -0.1) is 4.73 Å². The minimum Gasteiger partial charge on any atom is -0.394 e. The summed E-state index contributed by atoms with van der Waals surface area (Å²) < 4.78 is 6.50. The number of hydrogen-bond donors (Lipinski definition) is 5. The van der Waals surface area contributed by atoms with Crippen molar-refractivity contribution in [2.24, 2.45) is 0 Å². The molecule has 11 nitrogen and oxygen atoms in total. The first-order valence-electron chi connectivity index (χ1n) is 8.99. The summed E-state index contributed by atoms with van der Waals surface area (Å²) in [5.41, 5.74) is 7.54. The Hall–Kier alpha value is -2.83. The molecule has 1 saturated heterocycles. The quantitative estimate of drug-likeness (QED) is 0.328. The predicted molar refractivity (Wildman–Crippen MR) is 99.3 cm³/mol. The van der Waals surface area contributed by atoms with Crippen LogP contribution in [0.3, 0.4) is 0 Å². The van der Waals surface area contributed by atoms with Crippen LogP contribution in [0.4, 0.5) is 5.82 Å². The Balaban J connectivity index is 1.62. The second-order valence-corrected chi connectivity index (χ2v) is 6.73. The van der Waals surface area contributed by atoms with Gasteiger partial charge in [-0.2, -0.15) is 0 Å². The van der Waals surface area contributed by atoms with E-state index in [2.05, 4.69) is 15.0 Å². The third kappa shape index (κ3) is 3.73. The molecular weight excluding hydrogens is 382 g/mol. The standard InChI is InChI=1S/C18H21N5O6/c19-16-12-17(22-11(21-16)6-9-4-2-1-3-5-9)23(8-20-12)29-18-15(27)14(26)13(25)10(7-24)28-18/h1-5,8,10,13-15,18,24-27H,6-7H2,(H2,19,21,22)/t10-,13-,14+,15-,18?/m1/s1. The number of nitrogen functional groups attached to an aromatic ring is 1. The van der Waals surface area contributed by atoms with E-state index in [1.807, 2.05) is 30.3 Å². The molecule has 1 aliphatic heterocycles. The van der Waals surface area contributed by atoms with Crippen LogP contribution in [0.15, 0.2) is 36.7 Å². The lowest BCUT2D eigenvalue weighted by molar-refractivity contribution is -0.299. The van der Waals surface area contributed by atoms with E-state index in [1.54, 1.807) is 0 Å². The van der Waals surface area contributed by atoms with E-state index < -0.39 is 37.3 Å². The van der Waals surface area contributed by atoms with E-state index in [-0.39, 0.29) is 11.5 Å². The molecule has 0 radical (unpaired) electrons. The van der Waals surface area contributed by atoms with Crippen molar-refractivity contribution in [3.05, 3.63) is 48.0 Å². The molecule has 11 heteroatoms. The van der Waals surface area contributed by atoms with Crippen molar-refractivity contribution in [2.45, 2.75) is 37.1 Å². The summed E-state index contributed by atoms with van der Waals surface area (Å²) in [6.07, 6.45) is -5.36. The molecule has 0 spiro atoms. The summed E-state index contributed by atoms with van der Waals surface area (Å²) in [6, 6.07) is 9.59. The third-order valence-electron chi connectivity index (χ3n) is 4.71. The molecule has 2 aromatic heterocycles. The van der Waals surface area contributed by atoms with Gasteiger partial charge in [-0.05, 0) is 5.56 Å². The summed E-state index contributed by atoms with van der Waals surface area (Å²) in [7, 11) is 0. The average Bonchev–Trinajstić information content (AvgIpc) is 3.12. The molecule has 1 unspecified atom stereocenters. The summed E-state index contributed by atoms with van der Waals surface area (Å²) in [4.78, 5) is 18.4. The lowest BCUT2D eigenvalue weighted by Crippen LogP contribution is -2.61. The second-order valence-electron chi connectivity index (χ2n) is 6.73. The summed E-state index contributed by atoms with van der Waals surface area (Å²) in [6.45, 7) is -0.564. The fourth-order valence-corrected chi connectivity index (χ4v) is 3.15. The molecule has 154 valence electrons. The van der Waals surface area contributed by atoms with Crippen molar-refractivity contribution in [3.8, 4) is 0 Å². The number of aromatic nitrogens is 4. The maximum atomic E-state index is 10.2. The first-order valence-corrected chi connectivity index (χ1v) is 8.99. The molecular formula is C18H21N5O6. The van der Waals surface area contributed by atoms with Crippen LogP contribution in [-0.2, 0) is 11.2 Å². The Kier molecular flexibility index (Phi) is 5.30. The van der Waals surface area contributed by atoms with Gasteiger partial charge >= 0.3 is 0 Å². The molecule has 6 N–H and O–H groups in total. The number of ether oxygens (including phenoxy) is 1. The van der Waals surface area contributed by atoms with Crippen LogP contribution in [0, 0.1) is 0 Å². The summed E-state index contributed by atoms with van der Waals surface area (Å²) in [5, 5.41) is 39.3. The van der Waals surface area contributed by atoms with Gasteiger partial charge in [-0.25, -0.2) is 15.0 Å². The van der Waals surface area contributed by atoms with Gasteiger partial charge in [0.2, 0.25) is 5.65 Å². The monoisotopic (exact) mass is 403 g/mol. The lowest BCUT2D eigenvalue weighted by Gasteiger charge is -2.39. The molecule has 3 aromatic rings. The van der Waals surface area contributed by atoms with Gasteiger partial charge in [0.25, 0.3) is 6.29 Å². The first kappa shape index (κ1) is 19.5. The fourth-order valence-electron chi connectivity index (χ4n) is 3.15. The van der Waals surface area contributed by atoms with Gasteiger partial charge in [0.05, 0.1) is 6.61 Å². The summed E-state index contributed by atoms with van der Waals surface area (Å²) in [5.74, 6) is 0.609. The van der Waals surface area contributed by atoms with E-state index in [0.717, 1.165) is 10.3 Å². The Bertz CT molecular complexity index is 982. The molecule has 0 saturated carbocycles. The molecule has 0 amide bonds. The van der Waals surface area contributed by atoms with Gasteiger partial charge in [0.1, 0.15) is 36.6 Å². The SMILES string of the molecule is Nc1nc(Cc2ccccc2)nc2c1ncn2OC1O[C@H](CO)[C@@H](O)[C@H](O)[C@H]1O. The van der Waals surface area contributed by atoms with Gasteiger partial charge < -0.3 is 35.7 Å². The predicted octanol–water partition coefficient (Wildman–Crippen LogP) is -1.77. The van der Waals surface area contributed by atoms with Crippen molar-refractivity contribution < 1.29 is 30.0 Å². The number of imidazole rings is 1. The zero-order valence-corrected chi connectivity index (χ0v) is 15.2. The molecule has 5 atom stereocenters. The second kappa shape index (κ2) is 7.89. The molecule has 0 bridgehead atoms. The number of nitrogens with two attached hydrogens (primary N) is 1. The molecule has 3 heterocycles. The Morgan fingerprint density at radius 1 is 1.07 bits per heavy atom. The molecule has 1 aromatic carbocycles. The van der Waals surface area contributed by atoms with Crippen molar-refractivity contribution in [2.75, 3.05) is 12.3 Å². The van der Waals surface area contributed by atoms with Crippen molar-refractivity contribution in [3.63, 3.8) is 0 Å². The van der Waals surface area contributed by atoms with Gasteiger partial charge in [0.15, 0.2) is 11.3 Å². The van der Waals surface area contributed by atoms with Crippen LogP contribution in [0.5, 0.6) is 0 Å². The minimum atomic E-state index is -1.56. The van der Waals surface area contributed by atoms with Gasteiger partial charge in [0, 0.05) is 6.42 Å². The largest absolute Gasteiger partial charge is 0.394 e. The molecule has 29 heavy (non-hydrogen) atoms. The third-order valence-corrected chi connectivity index (χ3v) is 4.71. The van der Waals surface area contributed by atoms with E-state index in [0.29, 0.717) is 17.8 Å². The normalized spacial score (nSPS) is 27.2. The lowest BCUT2D eigenvalue weighted by atomic mass is 9.99. The topological polar surface area (TPSA) is 169 Å². The van der Waals surface area contributed by atoms with Crippen LogP contribution >= 0.6 is 0 Å². The number of rotatable bonds is 5. The number of fused-ring (bicyclic) bond motifs is 1. The minimum absolute atomic E-state index is 0.164. The molecule has 4 rings (SSSR count). The number of hydrogen-bond acceptors (Lipinski definition) is 10. The van der Waals surface area contributed by atoms with Crippen LogP contribution in [-0.4, -0.2) is 77.4 Å². The Morgan fingerprint density at radius 3 is 2.55 bits per heavy atom. The highest BCUT2D eigenvalue weighted by Gasteiger charge is 2.45. The van der Waals surface area contributed by atoms with E-state index in [4.69, 9.17) is 15.3 Å². The van der Waals surface area contributed by atoms with Gasteiger partial charge in [-0.3, -0.25) is 0 Å². The molecule has 0 aliphatic carbocycles. The van der Waals surface area contributed by atoms with Crippen LogP contribution in [0.25, 0.3) is 11.2 Å². The number of nitrogens with zero attached hydrogens (tertiary/aromatic N) is 4. The maximum absolute atomic E-state index is 10.2. The van der Waals surface area contributed by atoms with Crippen molar-refractivity contribution >= 4 is 17.0 Å². The van der Waals surface area contributed by atoms with Crippen LogP contribution < -0.4 is 10.6 Å². The molecule has 1 aliphatic rings. The van der Waals surface area contributed by atoms with Crippen molar-refractivity contribution in [1.29, 1.82) is 0 Å². The Morgan fingerprint density at radius 2 is 1.83 bits per heavy atom. The Labute approximate surface area is 164 Å².